The van der Waals surface area contributed by atoms with Crippen molar-refractivity contribution in [2.24, 2.45) is 5.73 Å². The summed E-state index contributed by atoms with van der Waals surface area (Å²) >= 11 is 3.09. The number of pyridine rings is 1. The Bertz CT molecular complexity index is 534. The number of nitrogens with two attached hydrogens (primary N) is 1. The molecule has 2 N–H and O–H groups in total. The van der Waals surface area contributed by atoms with Crippen molar-refractivity contribution >= 4 is 15.9 Å². The highest BCUT2D eigenvalue weighted by Crippen LogP contribution is 2.26. The van der Waals surface area contributed by atoms with Gasteiger partial charge in [-0.05, 0) is 40.2 Å². The summed E-state index contributed by atoms with van der Waals surface area (Å²) in [4.78, 5) is 4.09. The van der Waals surface area contributed by atoms with Crippen molar-refractivity contribution in [3.8, 4) is 11.6 Å². The van der Waals surface area contributed by atoms with Crippen molar-refractivity contribution in [1.29, 1.82) is 0 Å². The minimum absolute atomic E-state index is 0.336. The molecule has 0 radical (unpaired) electrons. The van der Waals surface area contributed by atoms with E-state index in [1.54, 1.807) is 18.3 Å². The first kappa shape index (κ1) is 12.0. The maximum Gasteiger partial charge on any atom is 0.223 e. The summed E-state index contributed by atoms with van der Waals surface area (Å²) < 4.78 is 18.9. The first-order valence-corrected chi connectivity index (χ1v) is 5.77. The minimum Gasteiger partial charge on any atom is -0.439 e. The Morgan fingerprint density at radius 1 is 1.35 bits per heavy atom. The third-order valence-corrected chi connectivity index (χ3v) is 2.78. The third-order valence-electron chi connectivity index (χ3n) is 2.18. The van der Waals surface area contributed by atoms with Gasteiger partial charge in [0, 0.05) is 18.3 Å². The molecule has 1 heterocycles. The van der Waals surface area contributed by atoms with Crippen molar-refractivity contribution in [2.45, 2.75) is 6.54 Å². The lowest BCUT2D eigenvalue weighted by Crippen LogP contribution is -2.00. The molecular weight excluding hydrogens is 287 g/mol. The van der Waals surface area contributed by atoms with Crippen molar-refractivity contribution < 1.29 is 9.13 Å². The van der Waals surface area contributed by atoms with Gasteiger partial charge >= 0.3 is 0 Å². The molecule has 0 fully saturated rings. The maximum atomic E-state index is 13.0. The summed E-state index contributed by atoms with van der Waals surface area (Å²) in [5.74, 6) is 0.609. The van der Waals surface area contributed by atoms with Gasteiger partial charge in [0.25, 0.3) is 0 Å². The van der Waals surface area contributed by atoms with Crippen LogP contribution in [0.15, 0.2) is 41.0 Å². The predicted octanol–water partition coefficient (Wildman–Crippen LogP) is 3.23. The van der Waals surface area contributed by atoms with E-state index in [2.05, 4.69) is 20.9 Å². The molecule has 17 heavy (non-hydrogen) atoms. The van der Waals surface area contributed by atoms with E-state index in [0.29, 0.717) is 22.6 Å². The number of hydrogen-bond acceptors (Lipinski definition) is 3. The zero-order valence-electron chi connectivity index (χ0n) is 8.86. The van der Waals surface area contributed by atoms with Gasteiger partial charge in [0.05, 0.1) is 4.47 Å². The quantitative estimate of drug-likeness (QED) is 0.946. The molecule has 0 aliphatic carbocycles. The lowest BCUT2D eigenvalue weighted by molar-refractivity contribution is 0.454. The fourth-order valence-electron chi connectivity index (χ4n) is 1.32. The van der Waals surface area contributed by atoms with Crippen molar-refractivity contribution in [3.05, 3.63) is 52.4 Å². The number of aromatic nitrogens is 1. The third kappa shape index (κ3) is 2.81. The molecule has 0 bridgehead atoms. The molecule has 3 nitrogen and oxygen atoms in total. The number of benzene rings is 1. The van der Waals surface area contributed by atoms with Crippen LogP contribution in [0.2, 0.25) is 0 Å². The molecule has 1 aromatic heterocycles. The van der Waals surface area contributed by atoms with Crippen LogP contribution in [0.4, 0.5) is 4.39 Å². The second kappa shape index (κ2) is 5.25. The second-order valence-electron chi connectivity index (χ2n) is 3.35. The van der Waals surface area contributed by atoms with Crippen molar-refractivity contribution in [2.75, 3.05) is 0 Å². The molecule has 0 aliphatic rings. The molecule has 1 aromatic carbocycles. The Morgan fingerprint density at radius 2 is 2.18 bits per heavy atom. The lowest BCUT2D eigenvalue weighted by atomic mass is 10.3. The van der Waals surface area contributed by atoms with Gasteiger partial charge < -0.3 is 10.5 Å². The molecule has 2 rings (SSSR count). The van der Waals surface area contributed by atoms with E-state index < -0.39 is 0 Å². The second-order valence-corrected chi connectivity index (χ2v) is 4.20. The Hall–Kier alpha value is -1.46. The van der Waals surface area contributed by atoms with Gasteiger partial charge in [0.2, 0.25) is 5.88 Å². The van der Waals surface area contributed by atoms with Gasteiger partial charge in [-0.25, -0.2) is 9.37 Å². The highest BCUT2D eigenvalue weighted by atomic mass is 79.9. The molecule has 0 saturated carbocycles. The normalized spacial score (nSPS) is 10.3. The Balaban J connectivity index is 2.28. The molecule has 88 valence electrons. The Morgan fingerprint density at radius 3 is 2.88 bits per heavy atom. The molecule has 2 aromatic rings. The smallest absolute Gasteiger partial charge is 0.223 e. The molecule has 0 saturated heterocycles. The van der Waals surface area contributed by atoms with Gasteiger partial charge in [-0.15, -0.1) is 0 Å². The van der Waals surface area contributed by atoms with Crippen LogP contribution >= 0.6 is 15.9 Å². The minimum atomic E-state index is -0.336. The van der Waals surface area contributed by atoms with E-state index >= 15 is 0 Å². The van der Waals surface area contributed by atoms with Gasteiger partial charge in [0.15, 0.2) is 0 Å². The van der Waals surface area contributed by atoms with Crippen LogP contribution in [0.1, 0.15) is 5.56 Å². The number of halogens is 2. The van der Waals surface area contributed by atoms with Gasteiger partial charge in [-0.1, -0.05) is 6.07 Å². The number of rotatable bonds is 3. The Kier molecular flexibility index (Phi) is 3.71. The van der Waals surface area contributed by atoms with Crippen LogP contribution in [0.25, 0.3) is 0 Å². The number of ether oxygens (including phenoxy) is 1. The van der Waals surface area contributed by atoms with E-state index in [1.165, 1.54) is 12.1 Å². The molecule has 0 unspecified atom stereocenters. The van der Waals surface area contributed by atoms with Crippen molar-refractivity contribution in [3.63, 3.8) is 0 Å². The van der Waals surface area contributed by atoms with E-state index in [9.17, 15) is 4.39 Å². The summed E-state index contributed by atoms with van der Waals surface area (Å²) in [6.45, 7) is 0.339. The van der Waals surface area contributed by atoms with Gasteiger partial charge in [-0.3, -0.25) is 0 Å². The zero-order chi connectivity index (χ0) is 12.3. The fourth-order valence-corrected chi connectivity index (χ4v) is 1.68. The lowest BCUT2D eigenvalue weighted by Gasteiger charge is -2.08. The highest BCUT2D eigenvalue weighted by molar-refractivity contribution is 9.10. The molecule has 0 atom stereocenters. The van der Waals surface area contributed by atoms with E-state index in [4.69, 9.17) is 10.5 Å². The average Bonchev–Trinajstić information content (AvgIpc) is 2.34. The monoisotopic (exact) mass is 296 g/mol. The summed E-state index contributed by atoms with van der Waals surface area (Å²) in [5.41, 5.74) is 6.37. The summed E-state index contributed by atoms with van der Waals surface area (Å²) in [5, 5.41) is 0. The van der Waals surface area contributed by atoms with E-state index in [1.807, 2.05) is 6.07 Å². The summed E-state index contributed by atoms with van der Waals surface area (Å²) in [7, 11) is 0. The number of hydrogen-bond donors (Lipinski definition) is 1. The van der Waals surface area contributed by atoms with Gasteiger partial charge in [0.1, 0.15) is 11.6 Å². The van der Waals surface area contributed by atoms with Crippen LogP contribution in [0.3, 0.4) is 0 Å². The van der Waals surface area contributed by atoms with Crippen LogP contribution in [0, 0.1) is 5.82 Å². The molecule has 0 amide bonds. The first-order valence-electron chi connectivity index (χ1n) is 4.97. The van der Waals surface area contributed by atoms with Crippen LogP contribution in [-0.4, -0.2) is 4.98 Å². The molecule has 0 spiro atoms. The van der Waals surface area contributed by atoms with Crippen LogP contribution in [0.5, 0.6) is 11.6 Å². The standard InChI is InChI=1S/C12H10BrFN2O/c13-10-6-9(3-4-11(10)14)17-12-8(7-15)2-1-5-16-12/h1-6H,7,15H2. The van der Waals surface area contributed by atoms with Gasteiger partial charge in [-0.2, -0.15) is 0 Å². The molecule has 0 aliphatic heterocycles. The summed E-state index contributed by atoms with van der Waals surface area (Å²) in [6.07, 6.45) is 1.62. The molecule has 5 heteroatoms. The predicted molar refractivity (Wildman–Crippen MR) is 66.3 cm³/mol. The maximum absolute atomic E-state index is 13.0. The van der Waals surface area contributed by atoms with E-state index in [-0.39, 0.29) is 5.82 Å². The first-order chi connectivity index (χ1) is 8.20. The fraction of sp³-hybridized carbons (Fsp3) is 0.0833. The van der Waals surface area contributed by atoms with Crippen LogP contribution in [-0.2, 0) is 6.54 Å². The van der Waals surface area contributed by atoms with Crippen molar-refractivity contribution in [1.82, 2.24) is 4.98 Å². The molecular formula is C12H10BrFN2O. The highest BCUT2D eigenvalue weighted by Gasteiger charge is 2.06. The van der Waals surface area contributed by atoms with Crippen LogP contribution < -0.4 is 10.5 Å². The SMILES string of the molecule is NCc1cccnc1Oc1ccc(F)c(Br)c1. The topological polar surface area (TPSA) is 48.1 Å². The zero-order valence-corrected chi connectivity index (χ0v) is 10.4. The number of nitrogens with zero attached hydrogens (tertiary/aromatic N) is 1. The van der Waals surface area contributed by atoms with E-state index in [0.717, 1.165) is 5.56 Å². The Labute approximate surface area is 107 Å². The average molecular weight is 297 g/mol. The largest absolute Gasteiger partial charge is 0.439 e. The summed E-state index contributed by atoms with van der Waals surface area (Å²) in [6, 6.07) is 8.03.